The van der Waals surface area contributed by atoms with Crippen LogP contribution in [0.4, 0.5) is 20.2 Å². The predicted octanol–water partition coefficient (Wildman–Crippen LogP) is 2.73. The molecule has 1 amide bonds. The summed E-state index contributed by atoms with van der Waals surface area (Å²) in [4.78, 5) is 23.9. The molecule has 2 rings (SSSR count). The highest BCUT2D eigenvalue weighted by molar-refractivity contribution is 5.99. The van der Waals surface area contributed by atoms with E-state index in [-0.39, 0.29) is 11.3 Å². The van der Waals surface area contributed by atoms with Gasteiger partial charge >= 0.3 is 5.97 Å². The molecule has 2 aromatic rings. The zero-order valence-corrected chi connectivity index (χ0v) is 12.2. The summed E-state index contributed by atoms with van der Waals surface area (Å²) in [5.74, 6) is -2.45. The average Bonchev–Trinajstić information content (AvgIpc) is 2.49. The van der Waals surface area contributed by atoms with Crippen LogP contribution >= 0.6 is 0 Å². The van der Waals surface area contributed by atoms with E-state index in [1.54, 1.807) is 0 Å². The van der Waals surface area contributed by atoms with Gasteiger partial charge in [-0.15, -0.1) is 0 Å². The molecule has 5 nitrogen and oxygen atoms in total. The molecule has 0 aliphatic rings. The monoisotopic (exact) mass is 320 g/mol. The molecule has 1 atom stereocenters. The molecule has 0 heterocycles. The van der Waals surface area contributed by atoms with Gasteiger partial charge in [0.1, 0.15) is 11.6 Å². The number of esters is 1. The van der Waals surface area contributed by atoms with E-state index >= 15 is 0 Å². The van der Waals surface area contributed by atoms with Gasteiger partial charge < -0.3 is 15.8 Å². The van der Waals surface area contributed by atoms with E-state index in [9.17, 15) is 18.4 Å². The number of nitrogens with one attached hydrogen (secondary N) is 1. The van der Waals surface area contributed by atoms with Crippen LogP contribution < -0.4 is 11.1 Å². The van der Waals surface area contributed by atoms with Gasteiger partial charge in [-0.1, -0.05) is 0 Å². The first-order chi connectivity index (χ1) is 10.9. The molecular weight excluding hydrogens is 306 g/mol. The minimum atomic E-state index is -1.11. The number of benzene rings is 2. The molecule has 7 heteroatoms. The largest absolute Gasteiger partial charge is 0.449 e. The highest BCUT2D eigenvalue weighted by Crippen LogP contribution is 2.16. The van der Waals surface area contributed by atoms with Crippen LogP contribution in [0.3, 0.4) is 0 Å². The first-order valence-corrected chi connectivity index (χ1v) is 6.69. The van der Waals surface area contributed by atoms with Gasteiger partial charge in [-0.05, 0) is 49.4 Å². The molecule has 23 heavy (non-hydrogen) atoms. The Hall–Kier alpha value is -2.96. The number of ether oxygens (including phenoxy) is 1. The molecule has 0 bridgehead atoms. The summed E-state index contributed by atoms with van der Waals surface area (Å²) in [6.45, 7) is 1.37. The van der Waals surface area contributed by atoms with Gasteiger partial charge in [0.15, 0.2) is 6.10 Å². The lowest BCUT2D eigenvalue weighted by Crippen LogP contribution is -2.30. The predicted molar refractivity (Wildman–Crippen MR) is 80.7 cm³/mol. The topological polar surface area (TPSA) is 81.4 Å². The molecule has 3 N–H and O–H groups in total. The number of carbonyl (C=O) groups excluding carboxylic acids is 2. The van der Waals surface area contributed by atoms with Crippen LogP contribution in [0, 0.1) is 11.6 Å². The third-order valence-corrected chi connectivity index (χ3v) is 3.00. The number of nitrogens with two attached hydrogens (primary N) is 1. The highest BCUT2D eigenvalue weighted by atomic mass is 19.1. The maximum absolute atomic E-state index is 12.9. The Bertz CT molecular complexity index is 733. The van der Waals surface area contributed by atoms with Crippen molar-refractivity contribution < 1.29 is 23.1 Å². The van der Waals surface area contributed by atoms with E-state index < -0.39 is 29.6 Å². The standard InChI is InChI=1S/C16H14F2N2O3/c1-9(15(21)20-12-5-2-10(17)3-6-12)23-16(22)13-7-4-11(18)8-14(13)19/h2-9H,19H2,1H3,(H,20,21). The number of hydrogen-bond donors (Lipinski definition) is 2. The third kappa shape index (κ3) is 4.26. The molecular formula is C16H14F2N2O3. The molecule has 0 saturated carbocycles. The van der Waals surface area contributed by atoms with E-state index in [1.165, 1.54) is 37.3 Å². The Kier molecular flexibility index (Phi) is 4.90. The summed E-state index contributed by atoms with van der Waals surface area (Å²) >= 11 is 0. The first kappa shape index (κ1) is 16.4. The fourth-order valence-electron chi connectivity index (χ4n) is 1.77. The fourth-order valence-corrected chi connectivity index (χ4v) is 1.77. The van der Waals surface area contributed by atoms with Crippen LogP contribution in [-0.4, -0.2) is 18.0 Å². The van der Waals surface area contributed by atoms with Crippen LogP contribution in [0.2, 0.25) is 0 Å². The molecule has 1 unspecified atom stereocenters. The summed E-state index contributed by atoms with van der Waals surface area (Å²) in [7, 11) is 0. The number of amides is 1. The Morgan fingerprint density at radius 2 is 1.70 bits per heavy atom. The highest BCUT2D eigenvalue weighted by Gasteiger charge is 2.20. The molecule has 2 aromatic carbocycles. The van der Waals surface area contributed by atoms with Crippen molar-refractivity contribution in [1.29, 1.82) is 0 Å². The third-order valence-electron chi connectivity index (χ3n) is 3.00. The fraction of sp³-hybridized carbons (Fsp3) is 0.125. The van der Waals surface area contributed by atoms with Crippen LogP contribution in [-0.2, 0) is 9.53 Å². The number of hydrogen-bond acceptors (Lipinski definition) is 4. The van der Waals surface area contributed by atoms with Crippen molar-refractivity contribution in [1.82, 2.24) is 0 Å². The second-order valence-electron chi connectivity index (χ2n) is 4.78. The van der Waals surface area contributed by atoms with Crippen molar-refractivity contribution in [2.75, 3.05) is 11.1 Å². The smallest absolute Gasteiger partial charge is 0.341 e. The first-order valence-electron chi connectivity index (χ1n) is 6.69. The normalized spacial score (nSPS) is 11.6. The number of rotatable bonds is 4. The van der Waals surface area contributed by atoms with Gasteiger partial charge in [-0.2, -0.15) is 0 Å². The van der Waals surface area contributed by atoms with Crippen LogP contribution in [0.15, 0.2) is 42.5 Å². The minimum absolute atomic E-state index is 0.0344. The molecule has 0 aliphatic carbocycles. The number of nitrogen functional groups attached to an aromatic ring is 1. The van der Waals surface area contributed by atoms with Crippen LogP contribution in [0.25, 0.3) is 0 Å². The second kappa shape index (κ2) is 6.87. The maximum Gasteiger partial charge on any atom is 0.341 e. The number of halogens is 2. The average molecular weight is 320 g/mol. The molecule has 0 spiro atoms. The molecule has 0 aliphatic heterocycles. The van der Waals surface area contributed by atoms with Gasteiger partial charge in [0, 0.05) is 11.4 Å². The summed E-state index contributed by atoms with van der Waals surface area (Å²) in [5, 5.41) is 2.48. The van der Waals surface area contributed by atoms with Crippen LogP contribution in [0.5, 0.6) is 0 Å². The maximum atomic E-state index is 12.9. The SMILES string of the molecule is CC(OC(=O)c1ccc(F)cc1N)C(=O)Nc1ccc(F)cc1. The van der Waals surface area contributed by atoms with Gasteiger partial charge in [-0.25, -0.2) is 13.6 Å². The molecule has 120 valence electrons. The summed E-state index contributed by atoms with van der Waals surface area (Å²) in [5.41, 5.74) is 5.78. The van der Waals surface area contributed by atoms with Crippen molar-refractivity contribution in [3.63, 3.8) is 0 Å². The van der Waals surface area contributed by atoms with Gasteiger partial charge in [0.2, 0.25) is 0 Å². The Morgan fingerprint density at radius 1 is 1.09 bits per heavy atom. The zero-order valence-electron chi connectivity index (χ0n) is 12.2. The number of carbonyl (C=O) groups is 2. The van der Waals surface area contributed by atoms with Crippen molar-refractivity contribution in [3.8, 4) is 0 Å². The minimum Gasteiger partial charge on any atom is -0.449 e. The molecule has 0 radical (unpaired) electrons. The summed E-state index contributed by atoms with van der Waals surface area (Å²) in [6.07, 6.45) is -1.11. The lowest BCUT2D eigenvalue weighted by Gasteiger charge is -2.14. The van der Waals surface area contributed by atoms with E-state index in [1.807, 2.05) is 0 Å². The summed E-state index contributed by atoms with van der Waals surface area (Å²) in [6, 6.07) is 8.35. The van der Waals surface area contributed by atoms with Gasteiger partial charge in [0.05, 0.1) is 5.56 Å². The molecule has 0 aromatic heterocycles. The van der Waals surface area contributed by atoms with E-state index in [2.05, 4.69) is 5.32 Å². The Labute approximate surface area is 131 Å². The molecule has 0 saturated heterocycles. The van der Waals surface area contributed by atoms with E-state index in [0.29, 0.717) is 5.69 Å². The van der Waals surface area contributed by atoms with E-state index in [4.69, 9.17) is 10.5 Å². The van der Waals surface area contributed by atoms with Crippen molar-refractivity contribution in [2.24, 2.45) is 0 Å². The van der Waals surface area contributed by atoms with Crippen molar-refractivity contribution in [3.05, 3.63) is 59.7 Å². The summed E-state index contributed by atoms with van der Waals surface area (Å²) < 4.78 is 30.7. The lowest BCUT2D eigenvalue weighted by atomic mass is 10.2. The second-order valence-corrected chi connectivity index (χ2v) is 4.78. The Morgan fingerprint density at radius 3 is 2.30 bits per heavy atom. The van der Waals surface area contributed by atoms with Gasteiger partial charge in [0.25, 0.3) is 5.91 Å². The number of anilines is 2. The van der Waals surface area contributed by atoms with Crippen molar-refractivity contribution in [2.45, 2.75) is 13.0 Å². The molecule has 0 fully saturated rings. The quantitative estimate of drug-likeness (QED) is 0.670. The van der Waals surface area contributed by atoms with E-state index in [0.717, 1.165) is 12.1 Å². The lowest BCUT2D eigenvalue weighted by molar-refractivity contribution is -0.123. The van der Waals surface area contributed by atoms with Gasteiger partial charge in [-0.3, -0.25) is 4.79 Å². The van der Waals surface area contributed by atoms with Crippen molar-refractivity contribution >= 4 is 23.3 Å². The zero-order chi connectivity index (χ0) is 17.0. The Balaban J connectivity index is 2.00. The van der Waals surface area contributed by atoms with Crippen LogP contribution in [0.1, 0.15) is 17.3 Å².